The van der Waals surface area contributed by atoms with Gasteiger partial charge in [-0.3, -0.25) is 20.3 Å². The van der Waals surface area contributed by atoms with Gasteiger partial charge in [-0.2, -0.15) is 0 Å². The Bertz CT molecular complexity index is 393. The minimum absolute atomic E-state index is 0.649. The van der Waals surface area contributed by atoms with Crippen LogP contribution in [0.15, 0.2) is 29.2 Å². The predicted octanol–water partition coefficient (Wildman–Crippen LogP) is 0.680. The Morgan fingerprint density at radius 2 is 2.06 bits per heavy atom. The molecule has 7 heteroatoms. The molecule has 0 heterocycles. The fourth-order valence-electron chi connectivity index (χ4n) is 1.01. The topological polar surface area (TPSA) is 98.3 Å². The van der Waals surface area contributed by atoms with E-state index in [1.54, 1.807) is 17.6 Å². The standard InChI is InChI=1S/C9H11N3O3S/c1-6-2-4-7(5-3-6)16-9(12(14)15)8(13)11-10/h2-5,9H,10H2,1H3,(H,11,13). The number of hydrogen-bond donors (Lipinski definition) is 2. The van der Waals surface area contributed by atoms with Gasteiger partial charge in [0.2, 0.25) is 0 Å². The molecule has 0 fully saturated rings. The minimum Gasteiger partial charge on any atom is -0.287 e. The van der Waals surface area contributed by atoms with Crippen LogP contribution in [0.1, 0.15) is 5.56 Å². The van der Waals surface area contributed by atoms with E-state index in [2.05, 4.69) is 0 Å². The van der Waals surface area contributed by atoms with Crippen LogP contribution < -0.4 is 11.3 Å². The molecule has 1 atom stereocenters. The van der Waals surface area contributed by atoms with Crippen molar-refractivity contribution in [1.82, 2.24) is 5.43 Å². The number of thioether (sulfide) groups is 1. The maximum absolute atomic E-state index is 11.1. The zero-order valence-corrected chi connectivity index (χ0v) is 9.36. The average molecular weight is 241 g/mol. The number of hydrazine groups is 1. The second kappa shape index (κ2) is 5.47. The van der Waals surface area contributed by atoms with Crippen molar-refractivity contribution in [2.75, 3.05) is 0 Å². The van der Waals surface area contributed by atoms with E-state index in [0.717, 1.165) is 17.3 Å². The van der Waals surface area contributed by atoms with Crippen molar-refractivity contribution in [3.63, 3.8) is 0 Å². The average Bonchev–Trinajstić information content (AvgIpc) is 2.27. The first-order valence-corrected chi connectivity index (χ1v) is 5.30. The van der Waals surface area contributed by atoms with Gasteiger partial charge < -0.3 is 0 Å². The molecule has 0 radical (unpaired) electrons. The third kappa shape index (κ3) is 3.21. The summed E-state index contributed by atoms with van der Waals surface area (Å²) in [6, 6.07) is 7.08. The molecule has 1 aromatic carbocycles. The Labute approximate surface area is 96.3 Å². The summed E-state index contributed by atoms with van der Waals surface area (Å²) >= 11 is 0.847. The van der Waals surface area contributed by atoms with Crippen LogP contribution in [0.5, 0.6) is 0 Å². The van der Waals surface area contributed by atoms with Crippen LogP contribution in [-0.4, -0.2) is 16.2 Å². The number of amides is 1. The lowest BCUT2D eigenvalue weighted by molar-refractivity contribution is -0.482. The van der Waals surface area contributed by atoms with Crippen LogP contribution in [0.3, 0.4) is 0 Å². The van der Waals surface area contributed by atoms with Crippen molar-refractivity contribution < 1.29 is 9.72 Å². The number of nitro groups is 1. The second-order valence-corrected chi connectivity index (χ2v) is 4.23. The maximum Gasteiger partial charge on any atom is 0.340 e. The van der Waals surface area contributed by atoms with Crippen molar-refractivity contribution in [1.29, 1.82) is 0 Å². The summed E-state index contributed by atoms with van der Waals surface area (Å²) < 4.78 is 0. The summed E-state index contributed by atoms with van der Waals surface area (Å²) in [5, 5.41) is 9.22. The summed E-state index contributed by atoms with van der Waals surface area (Å²) in [4.78, 5) is 21.7. The quantitative estimate of drug-likeness (QED) is 0.202. The Balaban J connectivity index is 2.80. The monoisotopic (exact) mass is 241 g/mol. The first kappa shape index (κ1) is 12.5. The number of aryl methyl sites for hydroxylation is 1. The van der Waals surface area contributed by atoms with E-state index < -0.39 is 16.2 Å². The molecule has 1 aromatic rings. The van der Waals surface area contributed by atoms with E-state index in [-0.39, 0.29) is 0 Å². The largest absolute Gasteiger partial charge is 0.340 e. The SMILES string of the molecule is Cc1ccc(SC(C(=O)NN)[N+](=O)[O-])cc1. The number of nitrogens with one attached hydrogen (secondary N) is 1. The Kier molecular flexibility index (Phi) is 4.27. The van der Waals surface area contributed by atoms with E-state index in [9.17, 15) is 14.9 Å². The molecule has 0 aliphatic rings. The van der Waals surface area contributed by atoms with Gasteiger partial charge in [-0.05, 0) is 30.8 Å². The molecule has 1 unspecified atom stereocenters. The number of nitrogens with two attached hydrogens (primary N) is 1. The smallest absolute Gasteiger partial charge is 0.287 e. The number of carbonyl (C=O) groups excluding carboxylic acids is 1. The third-order valence-corrected chi connectivity index (χ3v) is 2.98. The first-order valence-electron chi connectivity index (χ1n) is 4.42. The van der Waals surface area contributed by atoms with Crippen LogP contribution in [0.2, 0.25) is 0 Å². The maximum atomic E-state index is 11.1. The molecule has 1 amide bonds. The van der Waals surface area contributed by atoms with Crippen LogP contribution in [0, 0.1) is 17.0 Å². The van der Waals surface area contributed by atoms with Crippen LogP contribution >= 0.6 is 11.8 Å². The van der Waals surface area contributed by atoms with Gasteiger partial charge >= 0.3 is 11.3 Å². The Morgan fingerprint density at radius 1 is 1.50 bits per heavy atom. The molecule has 0 aliphatic heterocycles. The van der Waals surface area contributed by atoms with Crippen LogP contribution in [-0.2, 0) is 4.79 Å². The number of hydrogen-bond acceptors (Lipinski definition) is 5. The molecular weight excluding hydrogens is 230 g/mol. The summed E-state index contributed by atoms with van der Waals surface area (Å²) in [7, 11) is 0. The van der Waals surface area contributed by atoms with E-state index >= 15 is 0 Å². The lowest BCUT2D eigenvalue weighted by atomic mass is 10.2. The molecule has 0 saturated heterocycles. The minimum atomic E-state index is -1.42. The van der Waals surface area contributed by atoms with Gasteiger partial charge in [0, 0.05) is 9.82 Å². The molecule has 86 valence electrons. The van der Waals surface area contributed by atoms with E-state index in [0.29, 0.717) is 4.90 Å². The molecular formula is C9H11N3O3S. The summed E-state index contributed by atoms with van der Waals surface area (Å²) in [5.41, 5.74) is 2.82. The summed E-state index contributed by atoms with van der Waals surface area (Å²) in [6.45, 7) is 1.91. The number of carbonyl (C=O) groups is 1. The molecule has 0 aliphatic carbocycles. The van der Waals surface area contributed by atoms with E-state index in [1.807, 2.05) is 19.1 Å². The number of rotatable bonds is 4. The highest BCUT2D eigenvalue weighted by atomic mass is 32.2. The van der Waals surface area contributed by atoms with Crippen molar-refractivity contribution in [2.45, 2.75) is 17.2 Å². The lowest BCUT2D eigenvalue weighted by Crippen LogP contribution is -2.41. The molecule has 6 nitrogen and oxygen atoms in total. The van der Waals surface area contributed by atoms with Crippen molar-refractivity contribution in [3.05, 3.63) is 39.9 Å². The van der Waals surface area contributed by atoms with Crippen molar-refractivity contribution in [3.8, 4) is 0 Å². The molecule has 3 N–H and O–H groups in total. The van der Waals surface area contributed by atoms with Gasteiger partial charge in [-0.15, -0.1) is 0 Å². The molecule has 16 heavy (non-hydrogen) atoms. The molecule has 0 aromatic heterocycles. The Hall–Kier alpha value is -1.60. The first-order chi connectivity index (χ1) is 7.54. The highest BCUT2D eigenvalue weighted by Crippen LogP contribution is 2.23. The van der Waals surface area contributed by atoms with Gasteiger partial charge in [0.15, 0.2) is 0 Å². The predicted molar refractivity (Wildman–Crippen MR) is 60.1 cm³/mol. The third-order valence-electron chi connectivity index (χ3n) is 1.83. The number of benzene rings is 1. The van der Waals surface area contributed by atoms with Gasteiger partial charge in [0.25, 0.3) is 0 Å². The normalized spacial score (nSPS) is 11.9. The highest BCUT2D eigenvalue weighted by Gasteiger charge is 2.30. The van der Waals surface area contributed by atoms with Crippen LogP contribution in [0.4, 0.5) is 0 Å². The van der Waals surface area contributed by atoms with Gasteiger partial charge in [-0.25, -0.2) is 5.84 Å². The summed E-state index contributed by atoms with van der Waals surface area (Å²) in [5.74, 6) is 4.05. The number of nitrogens with zero attached hydrogens (tertiary/aromatic N) is 1. The highest BCUT2D eigenvalue weighted by molar-refractivity contribution is 8.00. The van der Waals surface area contributed by atoms with Gasteiger partial charge in [0.05, 0.1) is 0 Å². The zero-order chi connectivity index (χ0) is 12.1. The van der Waals surface area contributed by atoms with E-state index in [4.69, 9.17) is 5.84 Å². The molecule has 0 spiro atoms. The second-order valence-electron chi connectivity index (χ2n) is 3.08. The lowest BCUT2D eigenvalue weighted by Gasteiger charge is -2.07. The summed E-state index contributed by atoms with van der Waals surface area (Å²) in [6.07, 6.45) is 0. The van der Waals surface area contributed by atoms with Crippen molar-refractivity contribution in [2.24, 2.45) is 5.84 Å². The molecule has 1 rings (SSSR count). The zero-order valence-electron chi connectivity index (χ0n) is 8.54. The fraction of sp³-hybridized carbons (Fsp3) is 0.222. The Morgan fingerprint density at radius 3 is 2.50 bits per heavy atom. The van der Waals surface area contributed by atoms with E-state index in [1.165, 1.54) is 0 Å². The van der Waals surface area contributed by atoms with Crippen LogP contribution in [0.25, 0.3) is 0 Å². The van der Waals surface area contributed by atoms with Crippen molar-refractivity contribution >= 4 is 17.7 Å². The van der Waals surface area contributed by atoms with Gasteiger partial charge in [0.1, 0.15) is 0 Å². The van der Waals surface area contributed by atoms with Gasteiger partial charge in [-0.1, -0.05) is 17.7 Å². The molecule has 0 bridgehead atoms. The molecule has 0 saturated carbocycles. The fourth-order valence-corrected chi connectivity index (χ4v) is 1.82.